The molecule has 2 aromatic rings. The molecule has 5 heterocycles. The van der Waals surface area contributed by atoms with Gasteiger partial charge < -0.3 is 14.2 Å². The van der Waals surface area contributed by atoms with Crippen molar-refractivity contribution in [3.63, 3.8) is 0 Å². The second kappa shape index (κ2) is 6.37. The van der Waals surface area contributed by atoms with Crippen LogP contribution in [0, 0.1) is 12.8 Å². The van der Waals surface area contributed by atoms with Crippen molar-refractivity contribution in [1.82, 2.24) is 15.0 Å². The largest absolute Gasteiger partial charge is 0.497 e. The van der Waals surface area contributed by atoms with Gasteiger partial charge in [-0.25, -0.2) is 0 Å². The molecule has 6 heteroatoms. The number of fused-ring (bicyclic) bond motifs is 2. The van der Waals surface area contributed by atoms with E-state index in [-0.39, 0.29) is 11.9 Å². The highest BCUT2D eigenvalue weighted by Crippen LogP contribution is 2.47. The van der Waals surface area contributed by atoms with Gasteiger partial charge in [-0.2, -0.15) is 0 Å². The molecule has 27 heavy (non-hydrogen) atoms. The van der Waals surface area contributed by atoms with Gasteiger partial charge in [-0.1, -0.05) is 17.3 Å². The lowest BCUT2D eigenvalue weighted by molar-refractivity contribution is -0.00369. The van der Waals surface area contributed by atoms with Crippen molar-refractivity contribution in [1.29, 1.82) is 0 Å². The number of likely N-dealkylation sites (tertiary alicyclic amines) is 1. The van der Waals surface area contributed by atoms with Gasteiger partial charge in [0.05, 0.1) is 13.2 Å². The number of carbonyl (C=O) groups is 1. The van der Waals surface area contributed by atoms with Crippen LogP contribution in [0.5, 0.6) is 5.75 Å². The lowest BCUT2D eigenvalue weighted by atomic mass is 9.75. The smallest absolute Gasteiger partial charge is 0.276 e. The van der Waals surface area contributed by atoms with Crippen LogP contribution < -0.4 is 4.74 Å². The third-order valence-corrected chi connectivity index (χ3v) is 6.65. The van der Waals surface area contributed by atoms with E-state index in [1.54, 1.807) is 13.2 Å². The van der Waals surface area contributed by atoms with E-state index in [9.17, 15) is 4.79 Å². The second-order valence-electron chi connectivity index (χ2n) is 8.01. The summed E-state index contributed by atoms with van der Waals surface area (Å²) in [5.74, 6) is 2.45. The monoisotopic (exact) mass is 367 g/mol. The number of carbonyl (C=O) groups excluding carboxylic acids is 1. The minimum absolute atomic E-state index is 0.00612. The summed E-state index contributed by atoms with van der Waals surface area (Å²) in [6.45, 7) is 4.84. The van der Waals surface area contributed by atoms with Crippen LogP contribution in [0.15, 0.2) is 34.9 Å². The van der Waals surface area contributed by atoms with Crippen LogP contribution >= 0.6 is 0 Å². The first-order chi connectivity index (χ1) is 13.2. The van der Waals surface area contributed by atoms with E-state index in [2.05, 4.69) is 27.1 Å². The average Bonchev–Trinajstić information content (AvgIpc) is 3.34. The van der Waals surface area contributed by atoms with E-state index in [0.717, 1.165) is 25.4 Å². The number of hydrogen-bond acceptors (Lipinski definition) is 5. The fraction of sp³-hybridized carbons (Fsp3) is 0.524. The van der Waals surface area contributed by atoms with Crippen LogP contribution in [0.4, 0.5) is 0 Å². The van der Waals surface area contributed by atoms with Crippen LogP contribution in [-0.4, -0.2) is 59.7 Å². The maximum atomic E-state index is 13.2. The van der Waals surface area contributed by atoms with Gasteiger partial charge in [0.2, 0.25) is 0 Å². The first-order valence-corrected chi connectivity index (χ1v) is 9.78. The van der Waals surface area contributed by atoms with Crippen molar-refractivity contribution in [2.45, 2.75) is 37.8 Å². The molecule has 0 spiro atoms. The summed E-state index contributed by atoms with van der Waals surface area (Å²) in [7, 11) is 1.69. The molecule has 6 nitrogen and oxygen atoms in total. The Morgan fingerprint density at radius 2 is 1.93 bits per heavy atom. The molecule has 1 aromatic carbocycles. The molecule has 1 aromatic heterocycles. The summed E-state index contributed by atoms with van der Waals surface area (Å²) in [5, 5.41) is 3.98. The molecule has 0 radical (unpaired) electrons. The quantitative estimate of drug-likeness (QED) is 0.835. The Morgan fingerprint density at radius 3 is 2.56 bits per heavy atom. The maximum absolute atomic E-state index is 13.2. The highest BCUT2D eigenvalue weighted by molar-refractivity contribution is 5.93. The minimum Gasteiger partial charge on any atom is -0.497 e. The molecule has 0 aliphatic carbocycles. The SMILES string of the molecule is COc1ccc([C@H]2CN(C(=O)c3cc(C)on3)[C@H]3C4CCN(CC4)[C@@H]23)cc1. The zero-order valence-electron chi connectivity index (χ0n) is 15.8. The zero-order valence-corrected chi connectivity index (χ0v) is 15.8. The van der Waals surface area contributed by atoms with E-state index in [0.29, 0.717) is 29.3 Å². The molecule has 0 N–H and O–H groups in total. The van der Waals surface area contributed by atoms with Crippen molar-refractivity contribution in [3.05, 3.63) is 47.3 Å². The van der Waals surface area contributed by atoms with E-state index in [1.165, 1.54) is 18.4 Å². The van der Waals surface area contributed by atoms with Gasteiger partial charge in [-0.3, -0.25) is 9.69 Å². The van der Waals surface area contributed by atoms with Gasteiger partial charge >= 0.3 is 0 Å². The molecule has 3 atom stereocenters. The third-order valence-electron chi connectivity index (χ3n) is 6.65. The van der Waals surface area contributed by atoms with Gasteiger partial charge in [0, 0.05) is 24.6 Å². The lowest BCUT2D eigenvalue weighted by Crippen LogP contribution is -2.60. The van der Waals surface area contributed by atoms with Crippen LogP contribution in [-0.2, 0) is 0 Å². The molecule has 4 aliphatic rings. The van der Waals surface area contributed by atoms with E-state index >= 15 is 0 Å². The van der Waals surface area contributed by atoms with Crippen LogP contribution in [0.1, 0.15) is 40.6 Å². The number of ether oxygens (including phenoxy) is 1. The van der Waals surface area contributed by atoms with Crippen molar-refractivity contribution in [2.24, 2.45) is 5.92 Å². The first kappa shape index (κ1) is 16.8. The molecule has 0 unspecified atom stereocenters. The normalized spacial score (nSPS) is 31.8. The first-order valence-electron chi connectivity index (χ1n) is 9.78. The molecule has 2 bridgehead atoms. The highest BCUT2D eigenvalue weighted by Gasteiger charge is 2.54. The number of hydrogen-bond donors (Lipinski definition) is 0. The summed E-state index contributed by atoms with van der Waals surface area (Å²) >= 11 is 0. The number of aromatic nitrogens is 1. The van der Waals surface area contributed by atoms with Gasteiger partial charge in [-0.15, -0.1) is 0 Å². The zero-order chi connectivity index (χ0) is 18.5. The molecule has 1 amide bonds. The summed E-state index contributed by atoms with van der Waals surface area (Å²) in [4.78, 5) is 17.9. The van der Waals surface area contributed by atoms with Crippen LogP contribution in [0.2, 0.25) is 0 Å². The fourth-order valence-electron chi connectivity index (χ4n) is 5.41. The number of benzene rings is 1. The summed E-state index contributed by atoms with van der Waals surface area (Å²) in [6.07, 6.45) is 2.36. The number of methoxy groups -OCH3 is 1. The molecule has 6 rings (SSSR count). The predicted molar refractivity (Wildman–Crippen MR) is 99.9 cm³/mol. The van der Waals surface area contributed by atoms with Crippen molar-refractivity contribution >= 4 is 5.91 Å². The Bertz CT molecular complexity index is 839. The van der Waals surface area contributed by atoms with Gasteiger partial charge in [0.25, 0.3) is 5.91 Å². The van der Waals surface area contributed by atoms with Gasteiger partial charge in [0.1, 0.15) is 11.5 Å². The van der Waals surface area contributed by atoms with Crippen molar-refractivity contribution in [3.8, 4) is 5.75 Å². The molecule has 4 saturated heterocycles. The second-order valence-corrected chi connectivity index (χ2v) is 8.01. The van der Waals surface area contributed by atoms with Crippen molar-refractivity contribution in [2.75, 3.05) is 26.7 Å². The molecule has 4 aliphatic heterocycles. The van der Waals surface area contributed by atoms with Crippen LogP contribution in [0.3, 0.4) is 0 Å². The van der Waals surface area contributed by atoms with Gasteiger partial charge in [-0.05, 0) is 56.5 Å². The Hall–Kier alpha value is -2.34. The lowest BCUT2D eigenvalue weighted by Gasteiger charge is -2.51. The molecule has 0 saturated carbocycles. The van der Waals surface area contributed by atoms with Gasteiger partial charge in [0.15, 0.2) is 5.69 Å². The summed E-state index contributed by atoms with van der Waals surface area (Å²) < 4.78 is 10.5. The Kier molecular flexibility index (Phi) is 3.97. The summed E-state index contributed by atoms with van der Waals surface area (Å²) in [5.41, 5.74) is 1.71. The third kappa shape index (κ3) is 2.65. The van der Waals surface area contributed by atoms with Crippen LogP contribution in [0.25, 0.3) is 0 Å². The Morgan fingerprint density at radius 1 is 1.19 bits per heavy atom. The van der Waals surface area contributed by atoms with E-state index in [1.807, 2.05) is 19.1 Å². The number of piperidine rings is 3. The Balaban J connectivity index is 1.50. The van der Waals surface area contributed by atoms with Crippen molar-refractivity contribution < 1.29 is 14.1 Å². The fourth-order valence-corrected chi connectivity index (χ4v) is 5.41. The number of nitrogens with zero attached hydrogens (tertiary/aromatic N) is 3. The number of rotatable bonds is 3. The summed E-state index contributed by atoms with van der Waals surface area (Å²) in [6, 6.07) is 10.8. The molecular formula is C21H25N3O3. The Labute approximate surface area is 159 Å². The molecular weight excluding hydrogens is 342 g/mol. The maximum Gasteiger partial charge on any atom is 0.276 e. The topological polar surface area (TPSA) is 58.8 Å². The standard InChI is InChI=1S/C21H25N3O3/c1-13-11-18(22-27-13)21(25)24-12-17(14-3-5-16(26-2)6-4-14)20-19(24)15-7-9-23(20)10-8-15/h3-6,11,15,17,19-20H,7-10,12H2,1-2H3/t17-,19+,20+/m1/s1. The molecule has 4 fully saturated rings. The molecule has 142 valence electrons. The van der Waals surface area contributed by atoms with E-state index in [4.69, 9.17) is 9.26 Å². The number of amides is 1. The van der Waals surface area contributed by atoms with E-state index < -0.39 is 0 Å². The predicted octanol–water partition coefficient (Wildman–Crippen LogP) is 2.69. The minimum atomic E-state index is 0.00612. The highest BCUT2D eigenvalue weighted by atomic mass is 16.5. The average molecular weight is 367 g/mol. The number of aryl methyl sites for hydroxylation is 1.